The van der Waals surface area contributed by atoms with E-state index in [1.54, 1.807) is 0 Å². The number of carboxylic acids is 1. The van der Waals surface area contributed by atoms with Crippen LogP contribution in [-0.2, 0) is 9.59 Å². The summed E-state index contributed by atoms with van der Waals surface area (Å²) in [7, 11) is 0. The van der Waals surface area contributed by atoms with Gasteiger partial charge in [0, 0.05) is 12.5 Å². The molecule has 0 saturated carbocycles. The number of carbonyl (C=O) groups is 3. The van der Waals surface area contributed by atoms with E-state index in [4.69, 9.17) is 10.8 Å². The Kier molecular flexibility index (Phi) is 5.15. The van der Waals surface area contributed by atoms with Crippen molar-refractivity contribution in [3.05, 3.63) is 27.1 Å². The van der Waals surface area contributed by atoms with E-state index in [0.717, 1.165) is 6.07 Å². The second-order valence-corrected chi connectivity index (χ2v) is 4.83. The normalized spacial score (nSPS) is 11.6. The maximum absolute atomic E-state index is 11.7. The van der Waals surface area contributed by atoms with Crippen LogP contribution in [0.15, 0.2) is 12.1 Å². The Labute approximate surface area is 116 Å². The minimum absolute atomic E-state index is 0.0158. The van der Waals surface area contributed by atoms with Gasteiger partial charge in [-0.1, -0.05) is 11.3 Å². The number of carboxylic acid groups (broad SMARTS) is 1. The van der Waals surface area contributed by atoms with Gasteiger partial charge in [0.2, 0.25) is 5.91 Å². The monoisotopic (exact) mass is 301 g/mol. The number of nitrogens with zero attached hydrogens (tertiary/aromatic N) is 1. The van der Waals surface area contributed by atoms with Gasteiger partial charge in [0.05, 0.1) is 9.80 Å². The number of primary amides is 1. The van der Waals surface area contributed by atoms with Gasteiger partial charge >= 0.3 is 11.0 Å². The molecular weight excluding hydrogens is 290 g/mol. The van der Waals surface area contributed by atoms with E-state index in [2.05, 4.69) is 5.32 Å². The molecule has 1 heterocycles. The van der Waals surface area contributed by atoms with Crippen molar-refractivity contribution in [2.24, 2.45) is 5.73 Å². The van der Waals surface area contributed by atoms with Crippen LogP contribution in [0.1, 0.15) is 22.5 Å². The second-order valence-electron chi connectivity index (χ2n) is 3.76. The van der Waals surface area contributed by atoms with Gasteiger partial charge in [-0.05, 0) is 12.5 Å². The highest BCUT2D eigenvalue weighted by Gasteiger charge is 2.23. The minimum atomic E-state index is -1.31. The predicted molar refractivity (Wildman–Crippen MR) is 68.3 cm³/mol. The van der Waals surface area contributed by atoms with Gasteiger partial charge in [-0.15, -0.1) is 0 Å². The van der Waals surface area contributed by atoms with E-state index in [-0.39, 0.29) is 22.7 Å². The van der Waals surface area contributed by atoms with Gasteiger partial charge in [-0.3, -0.25) is 19.7 Å². The molecule has 0 aromatic carbocycles. The molecule has 0 aliphatic carbocycles. The van der Waals surface area contributed by atoms with Gasteiger partial charge in [0.25, 0.3) is 5.91 Å². The lowest BCUT2D eigenvalue weighted by Gasteiger charge is -2.12. The molecule has 10 heteroatoms. The van der Waals surface area contributed by atoms with Crippen molar-refractivity contribution in [2.75, 3.05) is 0 Å². The summed E-state index contributed by atoms with van der Waals surface area (Å²) >= 11 is 0.631. The highest BCUT2D eigenvalue weighted by Crippen LogP contribution is 2.23. The summed E-state index contributed by atoms with van der Waals surface area (Å²) in [6.07, 6.45) is -0.342. The van der Waals surface area contributed by atoms with Crippen molar-refractivity contribution >= 4 is 34.1 Å². The van der Waals surface area contributed by atoms with Gasteiger partial charge in [0.15, 0.2) is 0 Å². The van der Waals surface area contributed by atoms with E-state index in [1.165, 1.54) is 6.07 Å². The Morgan fingerprint density at radius 2 is 2.10 bits per heavy atom. The zero-order valence-corrected chi connectivity index (χ0v) is 10.9. The number of amides is 2. The first-order valence-electron chi connectivity index (χ1n) is 5.37. The van der Waals surface area contributed by atoms with E-state index in [9.17, 15) is 24.5 Å². The molecule has 1 aromatic rings. The molecule has 0 unspecified atom stereocenters. The van der Waals surface area contributed by atoms with Gasteiger partial charge in [-0.2, -0.15) is 0 Å². The largest absolute Gasteiger partial charge is 0.480 e. The SMILES string of the molecule is NC(=O)CC[C@@H](NC(=O)c1ccc([N+](=O)[O-])s1)C(=O)O. The highest BCUT2D eigenvalue weighted by molar-refractivity contribution is 7.17. The standard InChI is InChI=1S/C10H11N3O6S/c11-7(14)3-1-5(10(16)17)12-9(15)6-2-4-8(20-6)13(18)19/h2,4-5H,1,3H2,(H2,11,14)(H,12,15)(H,16,17)/t5-/m1/s1. The van der Waals surface area contributed by atoms with Crippen LogP contribution in [0.3, 0.4) is 0 Å². The maximum Gasteiger partial charge on any atom is 0.326 e. The highest BCUT2D eigenvalue weighted by atomic mass is 32.1. The summed E-state index contributed by atoms with van der Waals surface area (Å²) in [5, 5.41) is 21.3. The molecule has 0 saturated heterocycles. The number of thiophene rings is 1. The summed E-state index contributed by atoms with van der Waals surface area (Å²) < 4.78 is 0. The smallest absolute Gasteiger partial charge is 0.326 e. The summed E-state index contributed by atoms with van der Waals surface area (Å²) in [4.78, 5) is 43.1. The van der Waals surface area contributed by atoms with Crippen LogP contribution < -0.4 is 11.1 Å². The summed E-state index contributed by atoms with van der Waals surface area (Å²) in [5.74, 6) is -2.75. The predicted octanol–water partition coefficient (Wildman–Crippen LogP) is 0.105. The quantitative estimate of drug-likeness (QED) is 0.479. The zero-order chi connectivity index (χ0) is 15.3. The van der Waals surface area contributed by atoms with E-state index >= 15 is 0 Å². The second kappa shape index (κ2) is 6.61. The van der Waals surface area contributed by atoms with Crippen LogP contribution >= 0.6 is 11.3 Å². The van der Waals surface area contributed by atoms with Gasteiger partial charge < -0.3 is 16.2 Å². The van der Waals surface area contributed by atoms with Crippen LogP contribution in [0.25, 0.3) is 0 Å². The van der Waals surface area contributed by atoms with Crippen molar-refractivity contribution < 1.29 is 24.4 Å². The molecule has 1 atom stereocenters. The van der Waals surface area contributed by atoms with Crippen molar-refractivity contribution in [3.8, 4) is 0 Å². The summed E-state index contributed by atoms with van der Waals surface area (Å²) in [6, 6.07) is 1.10. The number of hydrogen-bond donors (Lipinski definition) is 3. The molecule has 9 nitrogen and oxygen atoms in total. The van der Waals surface area contributed by atoms with E-state index in [0.29, 0.717) is 11.3 Å². The molecule has 0 aliphatic rings. The molecule has 1 aromatic heterocycles. The molecule has 108 valence electrons. The molecule has 0 bridgehead atoms. The third-order valence-corrected chi connectivity index (χ3v) is 3.31. The van der Waals surface area contributed by atoms with Crippen molar-refractivity contribution in [3.63, 3.8) is 0 Å². The molecule has 0 radical (unpaired) electrons. The van der Waals surface area contributed by atoms with Crippen LogP contribution in [0, 0.1) is 10.1 Å². The molecule has 20 heavy (non-hydrogen) atoms. The first-order valence-corrected chi connectivity index (χ1v) is 6.19. The minimum Gasteiger partial charge on any atom is -0.480 e. The number of rotatable bonds is 7. The number of hydrogen-bond acceptors (Lipinski definition) is 6. The average Bonchev–Trinajstić information content (AvgIpc) is 2.83. The Hall–Kier alpha value is -2.49. The van der Waals surface area contributed by atoms with E-state index in [1.807, 2.05) is 0 Å². The lowest BCUT2D eigenvalue weighted by molar-refractivity contribution is -0.380. The fraction of sp³-hybridized carbons (Fsp3) is 0.300. The Morgan fingerprint density at radius 3 is 2.55 bits per heavy atom. The van der Waals surface area contributed by atoms with E-state index < -0.39 is 28.7 Å². The van der Waals surface area contributed by atoms with Crippen LogP contribution in [0.2, 0.25) is 0 Å². The number of nitrogens with one attached hydrogen (secondary N) is 1. The Morgan fingerprint density at radius 1 is 1.45 bits per heavy atom. The molecular formula is C10H11N3O6S. The molecule has 4 N–H and O–H groups in total. The van der Waals surface area contributed by atoms with Crippen molar-refractivity contribution in [1.29, 1.82) is 0 Å². The number of carbonyl (C=O) groups excluding carboxylic acids is 2. The number of aliphatic carboxylic acids is 1. The lowest BCUT2D eigenvalue weighted by atomic mass is 10.1. The fourth-order valence-electron chi connectivity index (χ4n) is 1.32. The Balaban J connectivity index is 2.72. The third kappa shape index (κ3) is 4.31. The summed E-state index contributed by atoms with van der Waals surface area (Å²) in [6.45, 7) is 0. The fourth-order valence-corrected chi connectivity index (χ4v) is 2.04. The van der Waals surface area contributed by atoms with Crippen LogP contribution in [0.5, 0.6) is 0 Å². The van der Waals surface area contributed by atoms with Gasteiger partial charge in [-0.25, -0.2) is 4.79 Å². The van der Waals surface area contributed by atoms with Crippen LogP contribution in [-0.4, -0.2) is 33.9 Å². The number of nitro groups is 1. The van der Waals surface area contributed by atoms with Crippen molar-refractivity contribution in [1.82, 2.24) is 5.32 Å². The average molecular weight is 301 g/mol. The Bertz CT molecular complexity index is 555. The number of nitrogens with two attached hydrogens (primary N) is 1. The first-order chi connectivity index (χ1) is 9.31. The molecule has 0 spiro atoms. The molecule has 2 amide bonds. The maximum atomic E-state index is 11.7. The molecule has 0 fully saturated rings. The summed E-state index contributed by atoms with van der Waals surface area (Å²) in [5.41, 5.74) is 4.90. The van der Waals surface area contributed by atoms with Crippen LogP contribution in [0.4, 0.5) is 5.00 Å². The zero-order valence-electron chi connectivity index (χ0n) is 10.1. The lowest BCUT2D eigenvalue weighted by Crippen LogP contribution is -2.41. The molecule has 0 aliphatic heterocycles. The first kappa shape index (κ1) is 15.6. The van der Waals surface area contributed by atoms with Gasteiger partial charge in [0.1, 0.15) is 6.04 Å². The third-order valence-electron chi connectivity index (χ3n) is 2.28. The van der Waals surface area contributed by atoms with Crippen molar-refractivity contribution in [2.45, 2.75) is 18.9 Å². The molecule has 1 rings (SSSR count). The topological polar surface area (TPSA) is 153 Å².